The SMILES string of the molecule is CCCCCCCCC[CH2][Ti]([CH2]CCCCCCCCC)([CH2]CCCCCCCCC)([CH](C)C)[S](=O)(=O)c1ccccc1. The fraction of sp³-hybridized carbons (Fsp3) is 0.846. The quantitative estimate of drug-likeness (QED) is 0.0610. The molecular formula is C39H75O2STi. The molecular weight excluding hydrogens is 580 g/mol. The third-order valence-corrected chi connectivity index (χ3v) is 37.7. The topological polar surface area (TPSA) is 34.1 Å². The van der Waals surface area contributed by atoms with Gasteiger partial charge in [0, 0.05) is 0 Å². The molecule has 0 unspecified atom stereocenters. The molecule has 0 heterocycles. The summed E-state index contributed by atoms with van der Waals surface area (Å²) in [4.78, 5) is 0.638. The van der Waals surface area contributed by atoms with Crippen LogP contribution in [0.1, 0.15) is 189 Å². The van der Waals surface area contributed by atoms with E-state index in [9.17, 15) is 0 Å². The molecule has 0 aliphatic rings. The van der Waals surface area contributed by atoms with Gasteiger partial charge in [0.15, 0.2) is 0 Å². The van der Waals surface area contributed by atoms with Crippen molar-refractivity contribution in [1.29, 1.82) is 0 Å². The third-order valence-electron chi connectivity index (χ3n) is 11.1. The van der Waals surface area contributed by atoms with Gasteiger partial charge in [-0.1, -0.05) is 0 Å². The van der Waals surface area contributed by atoms with Gasteiger partial charge in [-0.15, -0.1) is 0 Å². The molecule has 0 N–H and O–H groups in total. The first-order valence-electron chi connectivity index (χ1n) is 19.3. The monoisotopic (exact) mass is 655 g/mol. The zero-order valence-corrected chi connectivity index (χ0v) is 32.2. The van der Waals surface area contributed by atoms with Gasteiger partial charge in [0.2, 0.25) is 0 Å². The van der Waals surface area contributed by atoms with Crippen LogP contribution in [0.4, 0.5) is 0 Å². The van der Waals surface area contributed by atoms with E-state index < -0.39 is 21.4 Å². The third kappa shape index (κ3) is 13.6. The number of rotatable bonds is 30. The molecule has 1 aromatic rings. The van der Waals surface area contributed by atoms with Crippen molar-refractivity contribution in [2.45, 2.75) is 212 Å². The molecule has 0 amide bonds. The Kier molecular flexibility index (Phi) is 22.9. The van der Waals surface area contributed by atoms with Crippen LogP contribution in [0.2, 0.25) is 18.4 Å². The number of benzene rings is 1. The summed E-state index contributed by atoms with van der Waals surface area (Å²) in [7, 11) is -3.35. The van der Waals surface area contributed by atoms with Gasteiger partial charge in [0.05, 0.1) is 0 Å². The van der Waals surface area contributed by atoms with Gasteiger partial charge >= 0.3 is 272 Å². The Morgan fingerprint density at radius 1 is 0.465 bits per heavy atom. The Labute approximate surface area is 270 Å². The van der Waals surface area contributed by atoms with E-state index in [0.29, 0.717) is 4.90 Å². The molecule has 1 rings (SSSR count). The summed E-state index contributed by atoms with van der Waals surface area (Å²) >= 11 is -4.15. The van der Waals surface area contributed by atoms with Crippen LogP contribution >= 0.6 is 0 Å². The maximum absolute atomic E-state index is 15.2. The normalized spacial score (nSPS) is 13.4. The van der Waals surface area contributed by atoms with Crippen LogP contribution in [-0.2, 0) is 21.4 Å². The summed E-state index contributed by atoms with van der Waals surface area (Å²) in [5.74, 6) is 0. The molecule has 0 fully saturated rings. The fourth-order valence-corrected chi connectivity index (χ4v) is 31.6. The van der Waals surface area contributed by atoms with Crippen molar-refractivity contribution in [3.63, 3.8) is 0 Å². The second-order valence-electron chi connectivity index (χ2n) is 14.6. The van der Waals surface area contributed by atoms with Gasteiger partial charge in [0.1, 0.15) is 0 Å². The van der Waals surface area contributed by atoms with E-state index in [-0.39, 0.29) is 4.22 Å². The van der Waals surface area contributed by atoms with Crippen LogP contribution in [0, 0.1) is 0 Å². The van der Waals surface area contributed by atoms with Gasteiger partial charge in [-0.05, 0) is 0 Å². The van der Waals surface area contributed by atoms with E-state index in [1.165, 1.54) is 135 Å². The summed E-state index contributed by atoms with van der Waals surface area (Å²) < 4.78 is 33.7. The summed E-state index contributed by atoms with van der Waals surface area (Å²) in [5.41, 5.74) is 0. The van der Waals surface area contributed by atoms with Gasteiger partial charge < -0.3 is 0 Å². The Hall–Kier alpha value is -0.116. The minimum atomic E-state index is -4.15. The van der Waals surface area contributed by atoms with Crippen LogP contribution in [-0.4, -0.2) is 8.42 Å². The second kappa shape index (κ2) is 24.1. The molecule has 0 aliphatic carbocycles. The van der Waals surface area contributed by atoms with Crippen LogP contribution < -0.4 is 0 Å². The van der Waals surface area contributed by atoms with Crippen LogP contribution in [0.25, 0.3) is 0 Å². The van der Waals surface area contributed by atoms with Gasteiger partial charge in [0.25, 0.3) is 0 Å². The van der Waals surface area contributed by atoms with Crippen molar-refractivity contribution in [2.24, 2.45) is 0 Å². The molecule has 43 heavy (non-hydrogen) atoms. The molecule has 0 atom stereocenters. The molecule has 0 bridgehead atoms. The Bertz CT molecular complexity index is 827. The molecule has 2 nitrogen and oxygen atoms in total. The molecule has 0 saturated heterocycles. The molecule has 253 valence electrons. The van der Waals surface area contributed by atoms with Crippen molar-refractivity contribution in [1.82, 2.24) is 0 Å². The second-order valence-corrected chi connectivity index (χ2v) is 33.2. The first-order valence-corrected chi connectivity index (χ1v) is 26.9. The van der Waals surface area contributed by atoms with Crippen LogP contribution in [0.15, 0.2) is 35.2 Å². The van der Waals surface area contributed by atoms with Gasteiger partial charge in [-0.2, -0.15) is 0 Å². The molecule has 0 aliphatic heterocycles. The van der Waals surface area contributed by atoms with E-state index >= 15 is 8.42 Å². The predicted octanol–water partition coefficient (Wildman–Crippen LogP) is 14.6. The first kappa shape index (κ1) is 40.9. The Morgan fingerprint density at radius 2 is 0.744 bits per heavy atom. The summed E-state index contributed by atoms with van der Waals surface area (Å²) in [6, 6.07) is 9.74. The number of hydrogen-bond acceptors (Lipinski definition) is 2. The van der Waals surface area contributed by atoms with Crippen molar-refractivity contribution in [2.75, 3.05) is 0 Å². The van der Waals surface area contributed by atoms with E-state index in [1.807, 2.05) is 30.3 Å². The number of unbranched alkanes of at least 4 members (excludes halogenated alkanes) is 21. The zero-order chi connectivity index (χ0) is 31.7. The standard InChI is InChI=1S/3C10H21.C6H5O2S.C3H7.Ti/c3*1-3-5-7-9-10-8-6-4-2;7-9(8)6-4-2-1-3-5-6;1-3-2;/h3*1,3-10H2,2H3;1-5H;3H,1-2H3;. The summed E-state index contributed by atoms with van der Waals surface area (Å²) in [5, 5.41) is 0. The molecule has 0 radical (unpaired) electrons. The molecule has 1 aromatic carbocycles. The minimum absolute atomic E-state index is 0.279. The Balaban J connectivity index is 3.20. The van der Waals surface area contributed by atoms with Crippen molar-refractivity contribution in [3.8, 4) is 0 Å². The predicted molar refractivity (Wildman–Crippen MR) is 191 cm³/mol. The van der Waals surface area contributed by atoms with Gasteiger partial charge in [-0.3, -0.25) is 0 Å². The molecule has 0 saturated carbocycles. The number of hydrogen-bond donors (Lipinski definition) is 0. The Morgan fingerprint density at radius 3 is 1.02 bits per heavy atom. The molecule has 4 heteroatoms. The van der Waals surface area contributed by atoms with Crippen molar-refractivity contribution >= 4 is 7.42 Å². The van der Waals surface area contributed by atoms with Crippen LogP contribution in [0.5, 0.6) is 0 Å². The van der Waals surface area contributed by atoms with Gasteiger partial charge in [-0.25, -0.2) is 0 Å². The molecule has 0 spiro atoms. The zero-order valence-electron chi connectivity index (χ0n) is 29.8. The maximum atomic E-state index is 15.2. The molecule has 0 aromatic heterocycles. The van der Waals surface area contributed by atoms with Crippen molar-refractivity contribution < 1.29 is 22.4 Å². The van der Waals surface area contributed by atoms with Crippen LogP contribution in [0.3, 0.4) is 0 Å². The van der Waals surface area contributed by atoms with Crippen molar-refractivity contribution in [3.05, 3.63) is 30.3 Å². The first-order chi connectivity index (χ1) is 20.8. The van der Waals surface area contributed by atoms with E-state index in [2.05, 4.69) is 34.6 Å². The summed E-state index contributed by atoms with van der Waals surface area (Å²) in [6.07, 6.45) is 30.7. The summed E-state index contributed by atoms with van der Waals surface area (Å²) in [6.45, 7) is 11.5. The average molecular weight is 656 g/mol. The van der Waals surface area contributed by atoms with E-state index in [1.54, 1.807) is 0 Å². The van der Waals surface area contributed by atoms with E-state index in [4.69, 9.17) is 0 Å². The fourth-order valence-electron chi connectivity index (χ4n) is 7.92. The van der Waals surface area contributed by atoms with E-state index in [0.717, 1.165) is 33.4 Å². The average Bonchev–Trinajstić information content (AvgIpc) is 3.01.